The number of nitrogens with two attached hydrogens (primary N) is 1. The lowest BCUT2D eigenvalue weighted by Gasteiger charge is -2.22. The summed E-state index contributed by atoms with van der Waals surface area (Å²) < 4.78 is 0. The minimum absolute atomic E-state index is 0.0512. The summed E-state index contributed by atoms with van der Waals surface area (Å²) in [7, 11) is 0. The number of hydrogen-bond acceptors (Lipinski definition) is 4. The lowest BCUT2D eigenvalue weighted by molar-refractivity contribution is 0.0771. The third kappa shape index (κ3) is 2.57. The van der Waals surface area contributed by atoms with Gasteiger partial charge in [0.05, 0.1) is 5.01 Å². The molecular formula is C13H21N3OS. The Labute approximate surface area is 112 Å². The summed E-state index contributed by atoms with van der Waals surface area (Å²) in [4.78, 5) is 18.6. The van der Waals surface area contributed by atoms with Crippen LogP contribution < -0.4 is 5.73 Å². The Kier molecular flexibility index (Phi) is 3.73. The van der Waals surface area contributed by atoms with E-state index in [4.69, 9.17) is 5.73 Å². The second-order valence-corrected chi connectivity index (χ2v) is 6.61. The van der Waals surface area contributed by atoms with E-state index in [1.807, 2.05) is 10.3 Å². The van der Waals surface area contributed by atoms with Gasteiger partial charge in [0.1, 0.15) is 5.69 Å². The monoisotopic (exact) mass is 267 g/mol. The molecule has 1 aliphatic rings. The standard InChI is InChI=1S/C13H21N3OS/c1-9(2)11-15-10(6-18-11)12(17)16-5-4-13(3,7-14)8-16/h6,9H,4-5,7-8,14H2,1-3H3. The van der Waals surface area contributed by atoms with Gasteiger partial charge in [-0.05, 0) is 18.4 Å². The highest BCUT2D eigenvalue weighted by Crippen LogP contribution is 2.30. The first-order valence-corrected chi connectivity index (χ1v) is 7.28. The van der Waals surface area contributed by atoms with Crippen LogP contribution in [0.1, 0.15) is 48.6 Å². The molecule has 18 heavy (non-hydrogen) atoms. The van der Waals surface area contributed by atoms with Crippen LogP contribution in [0.3, 0.4) is 0 Å². The topological polar surface area (TPSA) is 59.2 Å². The van der Waals surface area contributed by atoms with Crippen LogP contribution in [-0.4, -0.2) is 35.4 Å². The normalized spacial score (nSPS) is 23.9. The smallest absolute Gasteiger partial charge is 0.273 e. The number of carbonyl (C=O) groups excluding carboxylic acids is 1. The van der Waals surface area contributed by atoms with Crippen molar-refractivity contribution in [3.63, 3.8) is 0 Å². The lowest BCUT2D eigenvalue weighted by Crippen LogP contribution is -2.34. The first-order valence-electron chi connectivity index (χ1n) is 6.40. The van der Waals surface area contributed by atoms with Crippen LogP contribution in [0, 0.1) is 5.41 Å². The molecule has 100 valence electrons. The quantitative estimate of drug-likeness (QED) is 0.912. The zero-order valence-corrected chi connectivity index (χ0v) is 12.1. The molecule has 0 bridgehead atoms. The van der Waals surface area contributed by atoms with Crippen molar-refractivity contribution in [2.75, 3.05) is 19.6 Å². The Morgan fingerprint density at radius 2 is 2.39 bits per heavy atom. The van der Waals surface area contributed by atoms with E-state index in [0.717, 1.165) is 24.5 Å². The van der Waals surface area contributed by atoms with Crippen molar-refractivity contribution < 1.29 is 4.79 Å². The van der Waals surface area contributed by atoms with Crippen LogP contribution >= 0.6 is 11.3 Å². The maximum atomic E-state index is 12.3. The van der Waals surface area contributed by atoms with E-state index in [1.165, 1.54) is 0 Å². The molecule has 0 radical (unpaired) electrons. The number of likely N-dealkylation sites (tertiary alicyclic amines) is 1. The molecule has 2 N–H and O–H groups in total. The van der Waals surface area contributed by atoms with Crippen LogP contribution in [-0.2, 0) is 0 Å². The van der Waals surface area contributed by atoms with E-state index in [2.05, 4.69) is 25.8 Å². The molecule has 1 aromatic heterocycles. The summed E-state index contributed by atoms with van der Waals surface area (Å²) in [5.41, 5.74) is 6.43. The molecule has 1 atom stereocenters. The SMILES string of the molecule is CC(C)c1nc(C(=O)N2CCC(C)(CN)C2)cs1. The van der Waals surface area contributed by atoms with Crippen LogP contribution in [0.4, 0.5) is 0 Å². The molecule has 1 unspecified atom stereocenters. The van der Waals surface area contributed by atoms with E-state index < -0.39 is 0 Å². The third-order valence-electron chi connectivity index (χ3n) is 3.57. The number of aromatic nitrogens is 1. The van der Waals surface area contributed by atoms with Gasteiger partial charge in [0.25, 0.3) is 5.91 Å². The van der Waals surface area contributed by atoms with Gasteiger partial charge in [-0.15, -0.1) is 11.3 Å². The fourth-order valence-electron chi connectivity index (χ4n) is 2.18. The molecule has 0 spiro atoms. The first kappa shape index (κ1) is 13.5. The molecule has 1 fully saturated rings. The fraction of sp³-hybridized carbons (Fsp3) is 0.692. The summed E-state index contributed by atoms with van der Waals surface area (Å²) in [5.74, 6) is 0.430. The Bertz CT molecular complexity index is 443. The van der Waals surface area contributed by atoms with Gasteiger partial charge < -0.3 is 10.6 Å². The summed E-state index contributed by atoms with van der Waals surface area (Å²) in [6, 6.07) is 0. The van der Waals surface area contributed by atoms with Gasteiger partial charge in [-0.1, -0.05) is 20.8 Å². The average Bonchev–Trinajstić information content (AvgIpc) is 2.95. The lowest BCUT2D eigenvalue weighted by atomic mass is 9.90. The third-order valence-corrected chi connectivity index (χ3v) is 4.72. The predicted molar refractivity (Wildman–Crippen MR) is 73.9 cm³/mol. The summed E-state index contributed by atoms with van der Waals surface area (Å²) in [6.45, 7) is 8.49. The molecule has 5 heteroatoms. The van der Waals surface area contributed by atoms with Crippen LogP contribution in [0.15, 0.2) is 5.38 Å². The summed E-state index contributed by atoms with van der Waals surface area (Å²) in [5, 5.41) is 2.90. The molecule has 0 aliphatic carbocycles. The number of rotatable bonds is 3. The molecule has 0 saturated carbocycles. The van der Waals surface area contributed by atoms with Crippen molar-refractivity contribution in [3.05, 3.63) is 16.1 Å². The van der Waals surface area contributed by atoms with Gasteiger partial charge in [0.15, 0.2) is 0 Å². The van der Waals surface area contributed by atoms with Crippen molar-refractivity contribution in [2.24, 2.45) is 11.1 Å². The Morgan fingerprint density at radius 3 is 2.89 bits per heavy atom. The second-order valence-electron chi connectivity index (χ2n) is 5.72. The van der Waals surface area contributed by atoms with E-state index in [0.29, 0.717) is 18.2 Å². The van der Waals surface area contributed by atoms with Gasteiger partial charge in [0.2, 0.25) is 0 Å². The molecule has 4 nitrogen and oxygen atoms in total. The minimum Gasteiger partial charge on any atom is -0.337 e. The van der Waals surface area contributed by atoms with Gasteiger partial charge >= 0.3 is 0 Å². The van der Waals surface area contributed by atoms with Crippen LogP contribution in [0.5, 0.6) is 0 Å². The van der Waals surface area contributed by atoms with E-state index in [1.54, 1.807) is 11.3 Å². The summed E-state index contributed by atoms with van der Waals surface area (Å²) in [6.07, 6.45) is 0.983. The minimum atomic E-state index is 0.0512. The Hall–Kier alpha value is -0.940. The van der Waals surface area contributed by atoms with Crippen molar-refractivity contribution in [3.8, 4) is 0 Å². The van der Waals surface area contributed by atoms with E-state index in [-0.39, 0.29) is 11.3 Å². The molecule has 1 aromatic rings. The predicted octanol–water partition coefficient (Wildman–Crippen LogP) is 2.08. The number of carbonyl (C=O) groups is 1. The van der Waals surface area contributed by atoms with Crippen LogP contribution in [0.25, 0.3) is 0 Å². The fourth-order valence-corrected chi connectivity index (χ4v) is 2.99. The number of hydrogen-bond donors (Lipinski definition) is 1. The molecule has 2 rings (SSSR count). The van der Waals surface area contributed by atoms with Crippen molar-refractivity contribution >= 4 is 17.2 Å². The van der Waals surface area contributed by atoms with Crippen LogP contribution in [0.2, 0.25) is 0 Å². The molecule has 1 amide bonds. The highest BCUT2D eigenvalue weighted by molar-refractivity contribution is 7.09. The Balaban J connectivity index is 2.08. The first-order chi connectivity index (χ1) is 8.45. The van der Waals surface area contributed by atoms with Gasteiger partial charge in [-0.25, -0.2) is 4.98 Å². The van der Waals surface area contributed by atoms with Crippen molar-refractivity contribution in [1.82, 2.24) is 9.88 Å². The molecular weight excluding hydrogens is 246 g/mol. The maximum Gasteiger partial charge on any atom is 0.273 e. The van der Waals surface area contributed by atoms with Gasteiger partial charge in [-0.2, -0.15) is 0 Å². The zero-order chi connectivity index (χ0) is 13.3. The van der Waals surface area contributed by atoms with Gasteiger partial charge in [-0.3, -0.25) is 4.79 Å². The molecule has 1 aliphatic heterocycles. The van der Waals surface area contributed by atoms with Crippen molar-refractivity contribution in [2.45, 2.75) is 33.1 Å². The molecule has 2 heterocycles. The molecule has 1 saturated heterocycles. The van der Waals surface area contributed by atoms with Crippen molar-refractivity contribution in [1.29, 1.82) is 0 Å². The highest BCUT2D eigenvalue weighted by Gasteiger charge is 2.35. The zero-order valence-electron chi connectivity index (χ0n) is 11.3. The van der Waals surface area contributed by atoms with E-state index in [9.17, 15) is 4.79 Å². The van der Waals surface area contributed by atoms with E-state index >= 15 is 0 Å². The number of nitrogens with zero attached hydrogens (tertiary/aromatic N) is 2. The Morgan fingerprint density at radius 1 is 1.67 bits per heavy atom. The average molecular weight is 267 g/mol. The number of amides is 1. The van der Waals surface area contributed by atoms with Gasteiger partial charge in [0, 0.05) is 24.4 Å². The second kappa shape index (κ2) is 4.97. The maximum absolute atomic E-state index is 12.3. The highest BCUT2D eigenvalue weighted by atomic mass is 32.1. The summed E-state index contributed by atoms with van der Waals surface area (Å²) >= 11 is 1.57. The molecule has 0 aromatic carbocycles. The number of thiazole rings is 1. The largest absolute Gasteiger partial charge is 0.337 e.